The SMILES string of the molecule is CCNC1CCC(OC2CCC(C)C(C)C2)C1. The third-order valence-corrected chi connectivity index (χ3v) is 4.81. The molecular formula is C15H29NO. The van der Waals surface area contributed by atoms with Crippen LogP contribution in [0.1, 0.15) is 59.3 Å². The topological polar surface area (TPSA) is 21.3 Å². The molecule has 2 aliphatic rings. The van der Waals surface area contributed by atoms with E-state index in [1.165, 1.54) is 38.5 Å². The fourth-order valence-corrected chi connectivity index (χ4v) is 3.43. The summed E-state index contributed by atoms with van der Waals surface area (Å²) in [5.74, 6) is 1.74. The summed E-state index contributed by atoms with van der Waals surface area (Å²) < 4.78 is 6.31. The molecule has 0 bridgehead atoms. The van der Waals surface area contributed by atoms with E-state index in [4.69, 9.17) is 4.74 Å². The van der Waals surface area contributed by atoms with E-state index in [0.29, 0.717) is 18.2 Å². The Kier molecular flexibility index (Phi) is 4.87. The molecule has 100 valence electrons. The zero-order valence-corrected chi connectivity index (χ0v) is 11.7. The number of nitrogens with one attached hydrogen (secondary N) is 1. The van der Waals surface area contributed by atoms with Crippen molar-refractivity contribution in [1.29, 1.82) is 0 Å². The van der Waals surface area contributed by atoms with E-state index in [2.05, 4.69) is 26.1 Å². The molecule has 0 radical (unpaired) electrons. The first-order chi connectivity index (χ1) is 8.19. The maximum atomic E-state index is 6.31. The third kappa shape index (κ3) is 3.69. The predicted octanol–water partition coefficient (Wildman–Crippen LogP) is 3.36. The van der Waals surface area contributed by atoms with Crippen LogP contribution in [-0.4, -0.2) is 24.8 Å². The maximum Gasteiger partial charge on any atom is 0.0594 e. The van der Waals surface area contributed by atoms with Crippen LogP contribution in [0.3, 0.4) is 0 Å². The summed E-state index contributed by atoms with van der Waals surface area (Å²) >= 11 is 0. The van der Waals surface area contributed by atoms with Gasteiger partial charge in [0.1, 0.15) is 0 Å². The first-order valence-electron chi connectivity index (χ1n) is 7.57. The molecular weight excluding hydrogens is 210 g/mol. The van der Waals surface area contributed by atoms with Crippen molar-refractivity contribution < 1.29 is 4.74 Å². The number of rotatable bonds is 4. The second-order valence-electron chi connectivity index (χ2n) is 6.22. The number of hydrogen-bond acceptors (Lipinski definition) is 2. The van der Waals surface area contributed by atoms with E-state index in [-0.39, 0.29) is 0 Å². The number of hydrogen-bond donors (Lipinski definition) is 1. The Morgan fingerprint density at radius 2 is 1.65 bits per heavy atom. The molecule has 0 spiro atoms. The summed E-state index contributed by atoms with van der Waals surface area (Å²) in [6.45, 7) is 8.06. The molecule has 5 atom stereocenters. The van der Waals surface area contributed by atoms with Crippen molar-refractivity contribution in [2.45, 2.75) is 77.5 Å². The molecule has 2 nitrogen and oxygen atoms in total. The Bertz CT molecular complexity index is 231. The molecule has 0 heterocycles. The van der Waals surface area contributed by atoms with E-state index < -0.39 is 0 Å². The van der Waals surface area contributed by atoms with Crippen LogP contribution in [0.15, 0.2) is 0 Å². The van der Waals surface area contributed by atoms with Gasteiger partial charge in [-0.05, 0) is 56.9 Å². The average molecular weight is 239 g/mol. The Balaban J connectivity index is 1.71. The molecule has 0 saturated heterocycles. The summed E-state index contributed by atoms with van der Waals surface area (Å²) in [6.07, 6.45) is 8.80. The van der Waals surface area contributed by atoms with Gasteiger partial charge in [-0.3, -0.25) is 0 Å². The lowest BCUT2D eigenvalue weighted by atomic mass is 9.80. The van der Waals surface area contributed by atoms with Crippen LogP contribution in [-0.2, 0) is 4.74 Å². The maximum absolute atomic E-state index is 6.31. The fourth-order valence-electron chi connectivity index (χ4n) is 3.43. The van der Waals surface area contributed by atoms with Gasteiger partial charge in [-0.25, -0.2) is 0 Å². The van der Waals surface area contributed by atoms with Gasteiger partial charge in [0, 0.05) is 6.04 Å². The molecule has 17 heavy (non-hydrogen) atoms. The largest absolute Gasteiger partial charge is 0.375 e. The summed E-state index contributed by atoms with van der Waals surface area (Å²) in [4.78, 5) is 0. The fraction of sp³-hybridized carbons (Fsp3) is 1.00. The average Bonchev–Trinajstić information content (AvgIpc) is 2.72. The normalized spacial score (nSPS) is 42.9. The third-order valence-electron chi connectivity index (χ3n) is 4.81. The highest BCUT2D eigenvalue weighted by Gasteiger charge is 2.30. The first kappa shape index (κ1) is 13.4. The van der Waals surface area contributed by atoms with Crippen LogP contribution in [0.4, 0.5) is 0 Å². The minimum atomic E-state index is 0.532. The lowest BCUT2D eigenvalue weighted by molar-refractivity contribution is -0.0445. The standard InChI is InChI=1S/C15H29NO/c1-4-16-13-6-8-15(10-13)17-14-7-5-11(2)12(3)9-14/h11-16H,4-10H2,1-3H3. The quantitative estimate of drug-likeness (QED) is 0.812. The van der Waals surface area contributed by atoms with Crippen LogP contribution in [0.5, 0.6) is 0 Å². The summed E-state index contributed by atoms with van der Waals surface area (Å²) in [5.41, 5.74) is 0. The van der Waals surface area contributed by atoms with Gasteiger partial charge in [0.25, 0.3) is 0 Å². The van der Waals surface area contributed by atoms with Crippen LogP contribution in [0.25, 0.3) is 0 Å². The smallest absolute Gasteiger partial charge is 0.0594 e. The molecule has 0 amide bonds. The lowest BCUT2D eigenvalue weighted by Crippen LogP contribution is -2.31. The zero-order valence-electron chi connectivity index (χ0n) is 11.7. The van der Waals surface area contributed by atoms with Gasteiger partial charge >= 0.3 is 0 Å². The molecule has 1 N–H and O–H groups in total. The van der Waals surface area contributed by atoms with E-state index in [9.17, 15) is 0 Å². The van der Waals surface area contributed by atoms with Gasteiger partial charge < -0.3 is 10.1 Å². The van der Waals surface area contributed by atoms with Crippen molar-refractivity contribution >= 4 is 0 Å². The second-order valence-corrected chi connectivity index (χ2v) is 6.22. The highest BCUT2D eigenvalue weighted by molar-refractivity contribution is 4.83. The Labute approximate surface area is 107 Å². The van der Waals surface area contributed by atoms with E-state index in [1.807, 2.05) is 0 Å². The Morgan fingerprint density at radius 1 is 0.941 bits per heavy atom. The van der Waals surface area contributed by atoms with Gasteiger partial charge in [-0.1, -0.05) is 20.8 Å². The van der Waals surface area contributed by atoms with Crippen LogP contribution >= 0.6 is 0 Å². The molecule has 5 unspecified atom stereocenters. The van der Waals surface area contributed by atoms with Crippen LogP contribution in [0, 0.1) is 11.8 Å². The van der Waals surface area contributed by atoms with Crippen molar-refractivity contribution in [3.05, 3.63) is 0 Å². The minimum absolute atomic E-state index is 0.532. The van der Waals surface area contributed by atoms with Gasteiger partial charge in [0.05, 0.1) is 12.2 Å². The van der Waals surface area contributed by atoms with Gasteiger partial charge in [-0.2, -0.15) is 0 Å². The van der Waals surface area contributed by atoms with Crippen LogP contribution in [0.2, 0.25) is 0 Å². The van der Waals surface area contributed by atoms with E-state index >= 15 is 0 Å². The molecule has 2 heteroatoms. The summed E-state index contributed by atoms with van der Waals surface area (Å²) in [6, 6.07) is 0.713. The second kappa shape index (κ2) is 6.19. The van der Waals surface area contributed by atoms with Crippen LogP contribution < -0.4 is 5.32 Å². The van der Waals surface area contributed by atoms with Crippen molar-refractivity contribution in [2.24, 2.45) is 11.8 Å². The van der Waals surface area contributed by atoms with Gasteiger partial charge in [-0.15, -0.1) is 0 Å². The molecule has 2 fully saturated rings. The monoisotopic (exact) mass is 239 g/mol. The zero-order chi connectivity index (χ0) is 12.3. The molecule has 2 aliphatic carbocycles. The predicted molar refractivity (Wildman–Crippen MR) is 72.2 cm³/mol. The highest BCUT2D eigenvalue weighted by Crippen LogP contribution is 2.33. The Hall–Kier alpha value is -0.0800. The van der Waals surface area contributed by atoms with Gasteiger partial charge in [0.2, 0.25) is 0 Å². The summed E-state index contributed by atoms with van der Waals surface area (Å²) in [5, 5.41) is 3.55. The van der Waals surface area contributed by atoms with E-state index in [0.717, 1.165) is 18.4 Å². The number of ether oxygens (including phenoxy) is 1. The Morgan fingerprint density at radius 3 is 2.35 bits per heavy atom. The molecule has 0 aromatic carbocycles. The molecule has 0 aromatic heterocycles. The highest BCUT2D eigenvalue weighted by atomic mass is 16.5. The molecule has 2 rings (SSSR count). The molecule has 0 aliphatic heterocycles. The lowest BCUT2D eigenvalue weighted by Gasteiger charge is -2.33. The summed E-state index contributed by atoms with van der Waals surface area (Å²) in [7, 11) is 0. The molecule has 2 saturated carbocycles. The van der Waals surface area contributed by atoms with Crippen molar-refractivity contribution in [1.82, 2.24) is 5.32 Å². The first-order valence-corrected chi connectivity index (χ1v) is 7.57. The van der Waals surface area contributed by atoms with Crippen molar-refractivity contribution in [3.8, 4) is 0 Å². The van der Waals surface area contributed by atoms with E-state index in [1.54, 1.807) is 0 Å². The molecule has 0 aromatic rings. The van der Waals surface area contributed by atoms with Crippen molar-refractivity contribution in [3.63, 3.8) is 0 Å². The van der Waals surface area contributed by atoms with Gasteiger partial charge in [0.15, 0.2) is 0 Å². The minimum Gasteiger partial charge on any atom is -0.375 e. The van der Waals surface area contributed by atoms with Crippen molar-refractivity contribution in [2.75, 3.05) is 6.54 Å².